The molecule has 2 aromatic carbocycles. The van der Waals surface area contributed by atoms with Gasteiger partial charge in [0.2, 0.25) is 41.4 Å². The van der Waals surface area contributed by atoms with Gasteiger partial charge in [0, 0.05) is 19.3 Å². The van der Waals surface area contributed by atoms with Crippen LogP contribution in [0.5, 0.6) is 0 Å². The zero-order valence-corrected chi connectivity index (χ0v) is 30.1. The van der Waals surface area contributed by atoms with Gasteiger partial charge in [-0.3, -0.25) is 33.6 Å². The second-order valence-corrected chi connectivity index (χ2v) is 13.9. The Balaban J connectivity index is 1.73. The molecule has 51 heavy (non-hydrogen) atoms. The van der Waals surface area contributed by atoms with Crippen molar-refractivity contribution in [3.05, 3.63) is 71.8 Å². The molecule has 0 aromatic heterocycles. The lowest BCUT2D eigenvalue weighted by molar-refractivity contribution is -0.134. The number of rotatable bonds is 20. The van der Waals surface area contributed by atoms with E-state index in [-0.39, 0.29) is 37.5 Å². The maximum Gasteiger partial charge on any atom is 0.243 e. The van der Waals surface area contributed by atoms with Crippen LogP contribution >= 0.6 is 11.8 Å². The number of carbonyl (C=O) groups is 7. The number of benzene rings is 2. The molecule has 0 spiro atoms. The van der Waals surface area contributed by atoms with E-state index in [2.05, 4.69) is 31.9 Å². The Kier molecular flexibility index (Phi) is 16.4. The third-order valence-electron chi connectivity index (χ3n) is 8.20. The number of primary amides is 1. The highest BCUT2D eigenvalue weighted by molar-refractivity contribution is 7.98. The molecule has 15 heteroatoms. The number of thioether (sulfide) groups is 1. The monoisotopic (exact) mass is 723 g/mol. The maximum absolute atomic E-state index is 13.8. The normalized spacial score (nSPS) is 16.2. The minimum absolute atomic E-state index is 0.00796. The lowest BCUT2D eigenvalue weighted by atomic mass is 10.0. The number of amides is 7. The van der Waals surface area contributed by atoms with Gasteiger partial charge in [-0.25, -0.2) is 0 Å². The van der Waals surface area contributed by atoms with Crippen molar-refractivity contribution in [1.82, 2.24) is 31.9 Å². The molecule has 1 aliphatic heterocycles. The summed E-state index contributed by atoms with van der Waals surface area (Å²) in [4.78, 5) is 90.2. The molecule has 14 nitrogen and oxygen atoms in total. The van der Waals surface area contributed by atoms with Crippen LogP contribution in [0, 0.1) is 5.92 Å². The summed E-state index contributed by atoms with van der Waals surface area (Å²) in [5.74, 6) is -3.34. The summed E-state index contributed by atoms with van der Waals surface area (Å²) >= 11 is 1.50. The smallest absolute Gasteiger partial charge is 0.243 e. The van der Waals surface area contributed by atoms with Gasteiger partial charge >= 0.3 is 0 Å². The minimum Gasteiger partial charge on any atom is -0.368 e. The van der Waals surface area contributed by atoms with Crippen molar-refractivity contribution in [2.75, 3.05) is 18.6 Å². The highest BCUT2D eigenvalue weighted by atomic mass is 32.2. The zero-order valence-electron chi connectivity index (χ0n) is 29.2. The number of hydrogen-bond acceptors (Lipinski definition) is 8. The molecule has 8 N–H and O–H groups in total. The van der Waals surface area contributed by atoms with Crippen LogP contribution in [0.15, 0.2) is 60.7 Å². The highest BCUT2D eigenvalue weighted by Gasteiger charge is 2.33. The first-order valence-corrected chi connectivity index (χ1v) is 18.4. The standard InChI is InChI=1S/C36H49N7O7S/c1-22(2)18-27(35(49)41-25(32(37)46)16-17-51-3)40-31(45)21-38-33(47)28(19-23-10-6-4-7-11-23)42-36(50)29(20-24-12-8-5-9-13-24)43-34(48)26-14-15-30(44)39-26/h4-13,22,25-29H,14-21H2,1-3H3,(H2,37,46)(H,38,47)(H,39,44)(H,40,45)(H,41,49)(H,42,50)(H,43,48). The van der Waals surface area contributed by atoms with Gasteiger partial charge in [-0.15, -0.1) is 0 Å². The summed E-state index contributed by atoms with van der Waals surface area (Å²) in [6.07, 6.45) is 3.17. The second kappa shape index (κ2) is 20.7. The summed E-state index contributed by atoms with van der Waals surface area (Å²) in [5.41, 5.74) is 6.98. The summed E-state index contributed by atoms with van der Waals surface area (Å²) < 4.78 is 0. The van der Waals surface area contributed by atoms with Crippen LogP contribution in [-0.2, 0) is 46.4 Å². The van der Waals surface area contributed by atoms with Crippen molar-refractivity contribution in [2.45, 2.75) is 82.6 Å². The minimum atomic E-state index is -1.14. The van der Waals surface area contributed by atoms with E-state index in [9.17, 15) is 33.6 Å². The molecule has 0 radical (unpaired) electrons. The van der Waals surface area contributed by atoms with Gasteiger partial charge in [-0.05, 0) is 48.3 Å². The topological polar surface area (TPSA) is 218 Å². The fourth-order valence-electron chi connectivity index (χ4n) is 5.51. The van der Waals surface area contributed by atoms with Gasteiger partial charge in [-0.2, -0.15) is 11.8 Å². The van der Waals surface area contributed by atoms with Crippen LogP contribution < -0.4 is 37.6 Å². The Morgan fingerprint density at radius 3 is 1.84 bits per heavy atom. The van der Waals surface area contributed by atoms with Crippen molar-refractivity contribution in [2.24, 2.45) is 11.7 Å². The predicted octanol–water partition coefficient (Wildman–Crippen LogP) is 0.0903. The molecule has 1 saturated heterocycles. The molecule has 7 amide bonds. The molecule has 276 valence electrons. The molecule has 1 fully saturated rings. The van der Waals surface area contributed by atoms with E-state index in [4.69, 9.17) is 5.73 Å². The SMILES string of the molecule is CSCCC(NC(=O)C(CC(C)C)NC(=O)CNC(=O)C(Cc1ccccc1)NC(=O)C(Cc1ccccc1)NC(=O)C1CCC(=O)N1)C(N)=O. The fraction of sp³-hybridized carbons (Fsp3) is 0.472. The summed E-state index contributed by atoms with van der Waals surface area (Å²) in [6.45, 7) is 3.25. The third kappa shape index (κ3) is 14.1. The Labute approximate surface area is 302 Å². The second-order valence-electron chi connectivity index (χ2n) is 12.9. The lowest BCUT2D eigenvalue weighted by Crippen LogP contribution is -2.58. The molecule has 0 bridgehead atoms. The molecule has 2 aromatic rings. The lowest BCUT2D eigenvalue weighted by Gasteiger charge is -2.25. The number of carbonyl (C=O) groups excluding carboxylic acids is 7. The fourth-order valence-corrected chi connectivity index (χ4v) is 5.98. The van der Waals surface area contributed by atoms with E-state index in [1.807, 2.05) is 44.4 Å². The van der Waals surface area contributed by atoms with E-state index in [1.54, 1.807) is 36.4 Å². The van der Waals surface area contributed by atoms with Crippen LogP contribution in [-0.4, -0.2) is 90.1 Å². The average Bonchev–Trinajstić information content (AvgIpc) is 3.54. The number of hydrogen-bond donors (Lipinski definition) is 7. The van der Waals surface area contributed by atoms with E-state index < -0.39 is 72.2 Å². The van der Waals surface area contributed by atoms with Crippen LogP contribution in [0.4, 0.5) is 0 Å². The molecule has 3 rings (SSSR count). The first-order valence-electron chi connectivity index (χ1n) is 17.0. The van der Waals surface area contributed by atoms with Crippen molar-refractivity contribution in [3.63, 3.8) is 0 Å². The van der Waals surface area contributed by atoms with Gasteiger partial charge in [0.25, 0.3) is 0 Å². The molecule has 0 aliphatic carbocycles. The Morgan fingerprint density at radius 2 is 1.33 bits per heavy atom. The summed E-state index contributed by atoms with van der Waals surface area (Å²) in [7, 11) is 0. The van der Waals surface area contributed by atoms with Crippen molar-refractivity contribution >= 4 is 53.1 Å². The summed E-state index contributed by atoms with van der Waals surface area (Å²) in [5, 5.41) is 15.9. The Morgan fingerprint density at radius 1 is 0.784 bits per heavy atom. The van der Waals surface area contributed by atoms with Crippen LogP contribution in [0.2, 0.25) is 0 Å². The van der Waals surface area contributed by atoms with Gasteiger partial charge in [0.15, 0.2) is 0 Å². The molecule has 1 heterocycles. The van der Waals surface area contributed by atoms with E-state index >= 15 is 0 Å². The van der Waals surface area contributed by atoms with Gasteiger partial charge in [0.1, 0.15) is 30.2 Å². The molecular formula is C36H49N7O7S. The zero-order chi connectivity index (χ0) is 37.3. The summed E-state index contributed by atoms with van der Waals surface area (Å²) in [6, 6.07) is 13.1. The van der Waals surface area contributed by atoms with Gasteiger partial charge < -0.3 is 37.6 Å². The van der Waals surface area contributed by atoms with Gasteiger partial charge in [0.05, 0.1) is 6.54 Å². The highest BCUT2D eigenvalue weighted by Crippen LogP contribution is 2.11. The quantitative estimate of drug-likeness (QED) is 0.0991. The number of nitrogens with two attached hydrogens (primary N) is 1. The molecule has 0 saturated carbocycles. The molecule has 1 aliphatic rings. The van der Waals surface area contributed by atoms with Crippen molar-refractivity contribution in [3.8, 4) is 0 Å². The Bertz CT molecular complexity index is 1510. The van der Waals surface area contributed by atoms with Crippen LogP contribution in [0.1, 0.15) is 50.7 Å². The van der Waals surface area contributed by atoms with E-state index in [0.29, 0.717) is 18.6 Å². The first kappa shape index (κ1) is 40.5. The van der Waals surface area contributed by atoms with E-state index in [0.717, 1.165) is 11.1 Å². The largest absolute Gasteiger partial charge is 0.368 e. The average molecular weight is 724 g/mol. The van der Waals surface area contributed by atoms with Crippen LogP contribution in [0.25, 0.3) is 0 Å². The molecular weight excluding hydrogens is 675 g/mol. The Hall–Kier alpha value is -4.92. The maximum atomic E-state index is 13.8. The number of nitrogens with one attached hydrogen (secondary N) is 6. The van der Waals surface area contributed by atoms with Crippen molar-refractivity contribution < 1.29 is 33.6 Å². The van der Waals surface area contributed by atoms with Gasteiger partial charge in [-0.1, -0.05) is 74.5 Å². The predicted molar refractivity (Wildman–Crippen MR) is 194 cm³/mol. The van der Waals surface area contributed by atoms with E-state index in [1.165, 1.54) is 11.8 Å². The molecule has 5 unspecified atom stereocenters. The van der Waals surface area contributed by atoms with Crippen LogP contribution in [0.3, 0.4) is 0 Å². The van der Waals surface area contributed by atoms with Crippen molar-refractivity contribution in [1.29, 1.82) is 0 Å². The molecule has 5 atom stereocenters. The third-order valence-corrected chi connectivity index (χ3v) is 8.84. The first-order chi connectivity index (χ1) is 24.4.